The Morgan fingerprint density at radius 2 is 2.05 bits per heavy atom. The molecule has 0 amide bonds. The summed E-state index contributed by atoms with van der Waals surface area (Å²) >= 11 is 0. The van der Waals surface area contributed by atoms with Crippen molar-refractivity contribution in [2.75, 3.05) is 33.7 Å². The summed E-state index contributed by atoms with van der Waals surface area (Å²) in [5.41, 5.74) is 0.836. The molecule has 3 nitrogen and oxygen atoms in total. The van der Waals surface area contributed by atoms with Crippen molar-refractivity contribution in [3.8, 4) is 0 Å². The van der Waals surface area contributed by atoms with Gasteiger partial charge in [-0.3, -0.25) is 9.69 Å². The fourth-order valence-electron chi connectivity index (χ4n) is 3.09. The van der Waals surface area contributed by atoms with Crippen LogP contribution in [0.1, 0.15) is 30.1 Å². The number of rotatable bonds is 6. The number of Topliss-reactive ketones (excluding diaryl/α,β-unsaturated/α-hetero) is 1. The number of hydrogen-bond donors (Lipinski definition) is 0. The summed E-state index contributed by atoms with van der Waals surface area (Å²) in [6.45, 7) is 5.16. The number of carbonyl (C=O) groups excluding carboxylic acids is 1. The van der Waals surface area contributed by atoms with Gasteiger partial charge < -0.3 is 4.90 Å². The van der Waals surface area contributed by atoms with Crippen molar-refractivity contribution >= 4 is 5.78 Å². The smallest absolute Gasteiger partial charge is 0.166 e. The molecule has 0 aromatic heterocycles. The van der Waals surface area contributed by atoms with Crippen molar-refractivity contribution in [2.24, 2.45) is 5.92 Å². The van der Waals surface area contributed by atoms with E-state index in [1.165, 1.54) is 12.8 Å². The second kappa shape index (κ2) is 7.00. The number of benzene rings is 1. The number of carbonyl (C=O) groups is 1. The van der Waals surface area contributed by atoms with Gasteiger partial charge in [0, 0.05) is 30.6 Å². The molecule has 110 valence electrons. The van der Waals surface area contributed by atoms with Crippen LogP contribution in [0.4, 0.5) is 0 Å². The van der Waals surface area contributed by atoms with Crippen molar-refractivity contribution in [3.05, 3.63) is 35.9 Å². The van der Waals surface area contributed by atoms with Gasteiger partial charge in [0.25, 0.3) is 0 Å². The van der Waals surface area contributed by atoms with Crippen molar-refractivity contribution in [2.45, 2.75) is 25.8 Å². The Morgan fingerprint density at radius 3 is 2.70 bits per heavy atom. The van der Waals surface area contributed by atoms with Crippen LogP contribution in [0.3, 0.4) is 0 Å². The normalized spacial score (nSPS) is 21.3. The van der Waals surface area contributed by atoms with Gasteiger partial charge in [0.15, 0.2) is 5.78 Å². The van der Waals surface area contributed by atoms with Gasteiger partial charge in [-0.05, 0) is 33.5 Å². The molecule has 0 N–H and O–H groups in total. The summed E-state index contributed by atoms with van der Waals surface area (Å²) in [5.74, 6) is 0.335. The first-order valence-electron chi connectivity index (χ1n) is 7.56. The van der Waals surface area contributed by atoms with Crippen LogP contribution < -0.4 is 0 Å². The first kappa shape index (κ1) is 15.2. The van der Waals surface area contributed by atoms with Gasteiger partial charge >= 0.3 is 0 Å². The van der Waals surface area contributed by atoms with Gasteiger partial charge in [-0.1, -0.05) is 37.3 Å². The van der Waals surface area contributed by atoms with Gasteiger partial charge in [-0.25, -0.2) is 0 Å². The molecule has 3 heteroatoms. The fraction of sp³-hybridized carbons (Fsp3) is 0.588. The second-order valence-corrected chi connectivity index (χ2v) is 6.18. The summed E-state index contributed by atoms with van der Waals surface area (Å²) in [4.78, 5) is 17.2. The van der Waals surface area contributed by atoms with E-state index in [0.29, 0.717) is 6.04 Å². The molecule has 1 aliphatic rings. The van der Waals surface area contributed by atoms with Crippen LogP contribution in [0, 0.1) is 5.92 Å². The van der Waals surface area contributed by atoms with Crippen molar-refractivity contribution in [1.29, 1.82) is 0 Å². The molecule has 1 aromatic carbocycles. The van der Waals surface area contributed by atoms with Crippen LogP contribution >= 0.6 is 0 Å². The first-order valence-corrected chi connectivity index (χ1v) is 7.56. The predicted molar refractivity (Wildman–Crippen MR) is 83.1 cm³/mol. The molecule has 1 aliphatic heterocycles. The SMILES string of the molecule is CC(CN1CCCC1CN(C)C)C(=O)c1ccccc1. The second-order valence-electron chi connectivity index (χ2n) is 6.18. The quantitative estimate of drug-likeness (QED) is 0.745. The van der Waals surface area contributed by atoms with Crippen LogP contribution in [0.5, 0.6) is 0 Å². The minimum Gasteiger partial charge on any atom is -0.308 e. The van der Waals surface area contributed by atoms with Crippen LogP contribution in [-0.4, -0.2) is 55.4 Å². The van der Waals surface area contributed by atoms with Gasteiger partial charge in [0.1, 0.15) is 0 Å². The topological polar surface area (TPSA) is 23.6 Å². The van der Waals surface area contributed by atoms with E-state index in [1.807, 2.05) is 30.3 Å². The molecule has 0 saturated carbocycles. The Hall–Kier alpha value is -1.19. The van der Waals surface area contributed by atoms with E-state index >= 15 is 0 Å². The van der Waals surface area contributed by atoms with E-state index in [-0.39, 0.29) is 11.7 Å². The standard InChI is InChI=1S/C17H26N2O/c1-14(17(20)15-8-5-4-6-9-15)12-19-11-7-10-16(19)13-18(2)3/h4-6,8-9,14,16H,7,10-13H2,1-3H3. The fourth-order valence-corrected chi connectivity index (χ4v) is 3.09. The lowest BCUT2D eigenvalue weighted by Crippen LogP contribution is -2.41. The Bertz CT molecular complexity index is 430. The van der Waals surface area contributed by atoms with E-state index in [4.69, 9.17) is 0 Å². The Morgan fingerprint density at radius 1 is 1.35 bits per heavy atom. The van der Waals surface area contributed by atoms with E-state index in [2.05, 4.69) is 30.8 Å². The Balaban J connectivity index is 1.93. The number of ketones is 1. The molecule has 1 fully saturated rings. The van der Waals surface area contributed by atoms with E-state index < -0.39 is 0 Å². The molecule has 2 unspecified atom stereocenters. The van der Waals surface area contributed by atoms with E-state index in [0.717, 1.165) is 25.2 Å². The monoisotopic (exact) mass is 274 g/mol. The molecule has 1 aromatic rings. The van der Waals surface area contributed by atoms with Crippen molar-refractivity contribution < 1.29 is 4.79 Å². The molecular formula is C17H26N2O. The van der Waals surface area contributed by atoms with E-state index in [9.17, 15) is 4.79 Å². The molecule has 1 saturated heterocycles. The van der Waals surface area contributed by atoms with Crippen LogP contribution in [0.25, 0.3) is 0 Å². The third kappa shape index (κ3) is 3.90. The molecule has 1 heterocycles. The summed E-state index contributed by atoms with van der Waals surface area (Å²) in [6.07, 6.45) is 2.51. The Kier molecular flexibility index (Phi) is 5.32. The summed E-state index contributed by atoms with van der Waals surface area (Å²) in [6, 6.07) is 10.3. The minimum atomic E-state index is 0.0696. The molecule has 2 atom stereocenters. The highest BCUT2D eigenvalue weighted by molar-refractivity contribution is 5.97. The van der Waals surface area contributed by atoms with Gasteiger partial charge in [0.2, 0.25) is 0 Å². The number of nitrogens with zero attached hydrogens (tertiary/aromatic N) is 2. The molecular weight excluding hydrogens is 248 g/mol. The maximum Gasteiger partial charge on any atom is 0.166 e. The zero-order valence-corrected chi connectivity index (χ0v) is 12.9. The maximum atomic E-state index is 12.4. The van der Waals surface area contributed by atoms with Crippen molar-refractivity contribution in [1.82, 2.24) is 9.80 Å². The van der Waals surface area contributed by atoms with Crippen molar-refractivity contribution in [3.63, 3.8) is 0 Å². The number of likely N-dealkylation sites (tertiary alicyclic amines) is 1. The lowest BCUT2D eigenvalue weighted by atomic mass is 9.98. The maximum absolute atomic E-state index is 12.4. The van der Waals surface area contributed by atoms with Crippen LogP contribution in [0.2, 0.25) is 0 Å². The highest BCUT2D eigenvalue weighted by atomic mass is 16.1. The summed E-state index contributed by atoms with van der Waals surface area (Å²) in [5, 5.41) is 0. The third-order valence-corrected chi connectivity index (χ3v) is 4.09. The molecule has 0 bridgehead atoms. The lowest BCUT2D eigenvalue weighted by molar-refractivity contribution is 0.0881. The first-order chi connectivity index (χ1) is 9.58. The molecule has 20 heavy (non-hydrogen) atoms. The highest BCUT2D eigenvalue weighted by Gasteiger charge is 2.28. The average Bonchev–Trinajstić information content (AvgIpc) is 2.85. The Labute approximate surface area is 122 Å². The zero-order valence-electron chi connectivity index (χ0n) is 12.9. The number of likely N-dealkylation sites (N-methyl/N-ethyl adjacent to an activating group) is 1. The van der Waals surface area contributed by atoms with E-state index in [1.54, 1.807) is 0 Å². The lowest BCUT2D eigenvalue weighted by Gasteiger charge is -2.29. The molecule has 2 rings (SSSR count). The molecule has 0 aliphatic carbocycles. The predicted octanol–water partition coefficient (Wildman–Crippen LogP) is 2.53. The van der Waals surface area contributed by atoms with Gasteiger partial charge in [-0.2, -0.15) is 0 Å². The third-order valence-electron chi connectivity index (χ3n) is 4.09. The largest absolute Gasteiger partial charge is 0.308 e. The zero-order chi connectivity index (χ0) is 14.5. The summed E-state index contributed by atoms with van der Waals surface area (Å²) < 4.78 is 0. The van der Waals surface area contributed by atoms with Gasteiger partial charge in [0.05, 0.1) is 0 Å². The van der Waals surface area contributed by atoms with Crippen LogP contribution in [-0.2, 0) is 0 Å². The summed E-state index contributed by atoms with van der Waals surface area (Å²) in [7, 11) is 4.24. The molecule has 0 spiro atoms. The average molecular weight is 274 g/mol. The molecule has 0 radical (unpaired) electrons. The van der Waals surface area contributed by atoms with Gasteiger partial charge in [-0.15, -0.1) is 0 Å². The van der Waals surface area contributed by atoms with Crippen LogP contribution in [0.15, 0.2) is 30.3 Å². The minimum absolute atomic E-state index is 0.0696. The number of hydrogen-bond acceptors (Lipinski definition) is 3. The highest BCUT2D eigenvalue weighted by Crippen LogP contribution is 2.20.